The van der Waals surface area contributed by atoms with E-state index in [1.165, 1.54) is 22.7 Å². The molecule has 10 rings (SSSR count). The Bertz CT molecular complexity index is 3430. The van der Waals surface area contributed by atoms with E-state index in [0.717, 1.165) is 41.6 Å². The first-order chi connectivity index (χ1) is 30.7. The van der Waals surface area contributed by atoms with Crippen molar-refractivity contribution in [3.63, 3.8) is 0 Å². The number of benzene rings is 8. The average Bonchev–Trinajstić information content (AvgIpc) is 3.94. The summed E-state index contributed by atoms with van der Waals surface area (Å²) in [5.41, 5.74) is 3.28. The Labute approximate surface area is 321 Å². The van der Waals surface area contributed by atoms with E-state index in [-0.39, 0.29) is 21.8 Å². The molecule has 0 saturated carbocycles. The molecule has 0 bridgehead atoms. The maximum absolute atomic E-state index is 9.68. The first-order valence-electron chi connectivity index (χ1n) is 22.4. The summed E-state index contributed by atoms with van der Waals surface area (Å²) in [6.07, 6.45) is 0. The van der Waals surface area contributed by atoms with Crippen molar-refractivity contribution in [3.05, 3.63) is 176 Å². The Kier molecular flexibility index (Phi) is 4.66. The van der Waals surface area contributed by atoms with Gasteiger partial charge in [-0.05, 0) is 130 Å². The largest absolute Gasteiger partial charge is 0.310 e. The second-order valence-corrected chi connectivity index (χ2v) is 13.7. The predicted octanol–water partition coefficient (Wildman–Crippen LogP) is 13.7. The summed E-state index contributed by atoms with van der Waals surface area (Å²) in [7, 11) is 0. The summed E-state index contributed by atoms with van der Waals surface area (Å²) in [4.78, 5) is 11.2. The Morgan fingerprint density at radius 2 is 0.882 bits per heavy atom. The fraction of sp³-hybridized carbons (Fsp3) is 0. The van der Waals surface area contributed by atoms with Gasteiger partial charge in [0.15, 0.2) is 0 Å². The molecule has 0 N–H and O–H groups in total. The number of hydrogen-bond acceptors (Lipinski definition) is 5. The third-order valence-electron chi connectivity index (χ3n) is 8.42. The van der Waals surface area contributed by atoms with Crippen molar-refractivity contribution in [2.45, 2.75) is 0 Å². The zero-order chi connectivity index (χ0) is 45.0. The maximum Gasteiger partial charge on any atom is 0.124 e. The van der Waals surface area contributed by atoms with Gasteiger partial charge in [0.25, 0.3) is 0 Å². The highest BCUT2D eigenvalue weighted by atomic mass is 32.1. The van der Waals surface area contributed by atoms with Crippen molar-refractivity contribution in [2.24, 2.45) is 0 Å². The lowest BCUT2D eigenvalue weighted by atomic mass is 9.98. The van der Waals surface area contributed by atoms with Crippen molar-refractivity contribution in [3.8, 4) is 32.3 Å². The van der Waals surface area contributed by atoms with Crippen LogP contribution < -0.4 is 4.90 Å². The van der Waals surface area contributed by atoms with Gasteiger partial charge in [0.1, 0.15) is 10.0 Å². The first kappa shape index (κ1) is 19.3. The summed E-state index contributed by atoms with van der Waals surface area (Å²) in [5, 5.41) is 0.172. The first-order valence-corrected chi connectivity index (χ1v) is 17.6. The van der Waals surface area contributed by atoms with Crippen LogP contribution in [0.4, 0.5) is 17.1 Å². The van der Waals surface area contributed by atoms with Crippen molar-refractivity contribution in [1.29, 1.82) is 0 Å². The van der Waals surface area contributed by atoms with Gasteiger partial charge in [0.05, 0.1) is 38.3 Å². The second kappa shape index (κ2) is 12.3. The van der Waals surface area contributed by atoms with Crippen molar-refractivity contribution in [2.75, 3.05) is 4.90 Å². The number of anilines is 3. The third-order valence-corrected chi connectivity index (χ3v) is 10.6. The molecular weight excluding hydrogens is 659 g/mol. The van der Waals surface area contributed by atoms with Gasteiger partial charge in [0, 0.05) is 28.2 Å². The van der Waals surface area contributed by atoms with E-state index in [2.05, 4.69) is 0 Å². The van der Waals surface area contributed by atoms with E-state index in [0.29, 0.717) is 11.4 Å². The van der Waals surface area contributed by atoms with Gasteiger partial charge < -0.3 is 4.90 Å². The van der Waals surface area contributed by atoms with E-state index in [9.17, 15) is 8.22 Å². The number of nitrogens with zero attached hydrogens (tertiary/aromatic N) is 3. The quantitative estimate of drug-likeness (QED) is 0.173. The third kappa shape index (κ3) is 5.53. The standard InChI is InChI=1S/C46H29N3S2/c1-2-8-33-27-34(14-13-30(33)7-1)35-15-16-37-29-40(26-21-36(37)28-35)49(38-22-17-31(18-23-38)45-47-41-9-3-5-11-43(41)50-45)39-24-19-32(20-25-39)46-48-42-10-4-6-12-44(42)51-46/h1-29H/i1D,2D,7D,8D,13D,14D,15D,16D,21D,26D,27D,28D,29D. The molecule has 2 aromatic heterocycles. The summed E-state index contributed by atoms with van der Waals surface area (Å²) in [5.74, 6) is 0. The number of para-hydroxylation sites is 2. The van der Waals surface area contributed by atoms with Crippen LogP contribution in [0.25, 0.3) is 74.2 Å². The van der Waals surface area contributed by atoms with Crippen LogP contribution in [0.1, 0.15) is 17.8 Å². The minimum absolute atomic E-state index is 0.101. The molecule has 0 radical (unpaired) electrons. The highest BCUT2D eigenvalue weighted by molar-refractivity contribution is 7.22. The van der Waals surface area contributed by atoms with Crippen molar-refractivity contribution < 1.29 is 17.8 Å². The molecule has 2 heterocycles. The Hall–Kier alpha value is -6.14. The zero-order valence-corrected chi connectivity index (χ0v) is 28.0. The highest BCUT2D eigenvalue weighted by Crippen LogP contribution is 2.40. The number of rotatable bonds is 6. The molecule has 0 aliphatic heterocycles. The highest BCUT2D eigenvalue weighted by Gasteiger charge is 2.16. The Morgan fingerprint density at radius 3 is 1.45 bits per heavy atom. The Balaban J connectivity index is 1.18. The van der Waals surface area contributed by atoms with Gasteiger partial charge in [-0.25, -0.2) is 9.97 Å². The molecule has 51 heavy (non-hydrogen) atoms. The minimum Gasteiger partial charge on any atom is -0.310 e. The van der Waals surface area contributed by atoms with Crippen LogP contribution in [-0.2, 0) is 0 Å². The molecule has 240 valence electrons. The van der Waals surface area contributed by atoms with Crippen LogP contribution in [0, 0.1) is 0 Å². The van der Waals surface area contributed by atoms with E-state index in [1.807, 2.05) is 97.1 Å². The summed E-state index contributed by atoms with van der Waals surface area (Å²) in [6.45, 7) is 0. The molecule has 0 aliphatic carbocycles. The monoisotopic (exact) mass is 700 g/mol. The van der Waals surface area contributed by atoms with Crippen molar-refractivity contribution in [1.82, 2.24) is 9.97 Å². The molecule has 0 fully saturated rings. The van der Waals surface area contributed by atoms with Gasteiger partial charge in [-0.15, -0.1) is 22.7 Å². The molecule has 8 aromatic carbocycles. The van der Waals surface area contributed by atoms with Gasteiger partial charge in [-0.2, -0.15) is 0 Å². The molecule has 3 nitrogen and oxygen atoms in total. The molecule has 10 aromatic rings. The van der Waals surface area contributed by atoms with Crippen LogP contribution in [0.3, 0.4) is 0 Å². The van der Waals surface area contributed by atoms with E-state index in [4.69, 9.17) is 19.6 Å². The van der Waals surface area contributed by atoms with E-state index < -0.39 is 95.1 Å². The smallest absolute Gasteiger partial charge is 0.124 e. The second-order valence-electron chi connectivity index (χ2n) is 11.6. The molecule has 0 unspecified atom stereocenters. The van der Waals surface area contributed by atoms with Crippen LogP contribution in [0.2, 0.25) is 0 Å². The van der Waals surface area contributed by atoms with Gasteiger partial charge in [-0.3, -0.25) is 0 Å². The molecule has 0 spiro atoms. The fourth-order valence-corrected chi connectivity index (χ4v) is 7.86. The van der Waals surface area contributed by atoms with E-state index >= 15 is 0 Å². The average molecular weight is 701 g/mol. The van der Waals surface area contributed by atoms with Crippen LogP contribution in [0.5, 0.6) is 0 Å². The SMILES string of the molecule is [2H]c1c([2H])c([2H])c2c([2H])c(-c3c([2H])c([2H])c4c([2H])c(N(c5ccc(-c6nc7ccccc7s6)cc5)c5ccc(-c6nc7ccccc7s6)cc5)c([2H])c([2H])c4c3[2H])c([2H])c([2H])c2c1[2H]. The summed E-state index contributed by atoms with van der Waals surface area (Å²) < 4.78 is 119. The van der Waals surface area contributed by atoms with Crippen LogP contribution in [-0.4, -0.2) is 9.97 Å². The summed E-state index contributed by atoms with van der Waals surface area (Å²) in [6, 6.07) is 22.3. The lowest BCUT2D eigenvalue weighted by Crippen LogP contribution is -2.09. The van der Waals surface area contributed by atoms with E-state index in [1.54, 1.807) is 4.90 Å². The number of fused-ring (bicyclic) bond motifs is 4. The predicted molar refractivity (Wildman–Crippen MR) is 219 cm³/mol. The lowest BCUT2D eigenvalue weighted by Gasteiger charge is -2.26. The molecular formula is C46H29N3S2. The number of hydrogen-bond donors (Lipinski definition) is 0. The van der Waals surface area contributed by atoms with Gasteiger partial charge in [-0.1, -0.05) is 78.6 Å². The van der Waals surface area contributed by atoms with Gasteiger partial charge in [0.2, 0.25) is 0 Å². The fourth-order valence-electron chi connectivity index (χ4n) is 5.91. The molecule has 5 heteroatoms. The summed E-state index contributed by atoms with van der Waals surface area (Å²) >= 11 is 3.07. The number of aromatic nitrogens is 2. The molecule has 0 atom stereocenters. The topological polar surface area (TPSA) is 29.0 Å². The minimum atomic E-state index is -0.710. The maximum atomic E-state index is 9.68. The molecule has 0 aliphatic rings. The number of thiazole rings is 2. The lowest BCUT2D eigenvalue weighted by molar-refractivity contribution is 1.29. The van der Waals surface area contributed by atoms with Crippen molar-refractivity contribution >= 4 is 81.7 Å². The normalized spacial score (nSPS) is 15.1. The molecule has 0 amide bonds. The van der Waals surface area contributed by atoms with Crippen LogP contribution >= 0.6 is 22.7 Å². The van der Waals surface area contributed by atoms with Crippen LogP contribution in [0.15, 0.2) is 176 Å². The Morgan fingerprint density at radius 1 is 0.412 bits per heavy atom. The van der Waals surface area contributed by atoms with Gasteiger partial charge >= 0.3 is 0 Å². The molecule has 0 saturated heterocycles. The zero-order valence-electron chi connectivity index (χ0n) is 39.4.